The van der Waals surface area contributed by atoms with Crippen LogP contribution in [0.25, 0.3) is 0 Å². The predicted molar refractivity (Wildman–Crippen MR) is 56.4 cm³/mol. The molecule has 1 heterocycles. The van der Waals surface area contributed by atoms with Crippen LogP contribution in [0.2, 0.25) is 0 Å². The summed E-state index contributed by atoms with van der Waals surface area (Å²) in [5.74, 6) is -0.392. The van der Waals surface area contributed by atoms with Crippen LogP contribution in [0.4, 0.5) is 11.4 Å². The lowest BCUT2D eigenvalue weighted by molar-refractivity contribution is 0.100. The maximum absolute atomic E-state index is 11.1. The van der Waals surface area contributed by atoms with Gasteiger partial charge in [0.15, 0.2) is 0 Å². The van der Waals surface area contributed by atoms with Crippen LogP contribution in [0.1, 0.15) is 17.3 Å². The molecule has 1 unspecified atom stereocenters. The monoisotopic (exact) mass is 191 g/mol. The molecule has 1 amide bonds. The first-order chi connectivity index (χ1) is 6.61. The van der Waals surface area contributed by atoms with Gasteiger partial charge >= 0.3 is 0 Å². The number of hydrogen-bond donors (Lipinski definition) is 2. The highest BCUT2D eigenvalue weighted by Gasteiger charge is 2.25. The molecule has 0 bridgehead atoms. The third-order valence-corrected chi connectivity index (χ3v) is 2.62. The van der Waals surface area contributed by atoms with Gasteiger partial charge in [-0.25, -0.2) is 0 Å². The Bertz CT molecular complexity index is 389. The van der Waals surface area contributed by atoms with Crippen molar-refractivity contribution in [2.45, 2.75) is 13.1 Å². The fraction of sp³-hybridized carbons (Fsp3) is 0.300. The third-order valence-electron chi connectivity index (χ3n) is 2.62. The number of hydrogen-bond acceptors (Lipinski definition) is 3. The minimum atomic E-state index is -0.392. The molecule has 1 aromatic rings. The van der Waals surface area contributed by atoms with Crippen LogP contribution in [0.15, 0.2) is 18.2 Å². The molecule has 2 rings (SSSR count). The molecule has 1 aliphatic rings. The summed E-state index contributed by atoms with van der Waals surface area (Å²) >= 11 is 0. The predicted octanol–water partition coefficient (Wildman–Crippen LogP) is 0.993. The van der Waals surface area contributed by atoms with E-state index in [0.717, 1.165) is 11.4 Å². The number of rotatable bonds is 1. The van der Waals surface area contributed by atoms with Crippen LogP contribution in [-0.4, -0.2) is 19.1 Å². The number of primary amides is 1. The standard InChI is InChI=1S/C10H13N3O/c1-6-12-9-7(10(11)14)4-3-5-8(9)13(6)2/h3-6,12H,1-2H3,(H2,11,14). The summed E-state index contributed by atoms with van der Waals surface area (Å²) < 4.78 is 0. The summed E-state index contributed by atoms with van der Waals surface area (Å²) in [7, 11) is 1.98. The Morgan fingerprint density at radius 3 is 2.93 bits per heavy atom. The Labute approximate surface area is 82.7 Å². The van der Waals surface area contributed by atoms with Crippen molar-refractivity contribution >= 4 is 17.3 Å². The molecule has 0 saturated carbocycles. The van der Waals surface area contributed by atoms with Crippen molar-refractivity contribution in [3.8, 4) is 0 Å². The van der Waals surface area contributed by atoms with E-state index in [1.54, 1.807) is 6.07 Å². The largest absolute Gasteiger partial charge is 0.366 e. The Hall–Kier alpha value is -1.71. The van der Waals surface area contributed by atoms with Crippen molar-refractivity contribution in [2.24, 2.45) is 5.73 Å². The Morgan fingerprint density at radius 2 is 2.29 bits per heavy atom. The molecule has 14 heavy (non-hydrogen) atoms. The highest BCUT2D eigenvalue weighted by Crippen LogP contribution is 2.35. The van der Waals surface area contributed by atoms with Gasteiger partial charge in [-0.2, -0.15) is 0 Å². The fourth-order valence-electron chi connectivity index (χ4n) is 1.71. The lowest BCUT2D eigenvalue weighted by Crippen LogP contribution is -2.28. The Kier molecular flexibility index (Phi) is 1.84. The molecule has 0 aliphatic carbocycles. The number of nitrogens with two attached hydrogens (primary N) is 1. The summed E-state index contributed by atoms with van der Waals surface area (Å²) in [4.78, 5) is 13.2. The van der Waals surface area contributed by atoms with Crippen LogP contribution in [0.3, 0.4) is 0 Å². The SMILES string of the molecule is CC1Nc2c(C(N)=O)cccc2N1C. The topological polar surface area (TPSA) is 58.4 Å². The molecule has 74 valence electrons. The minimum Gasteiger partial charge on any atom is -0.366 e. The van der Waals surface area contributed by atoms with E-state index in [2.05, 4.69) is 10.2 Å². The molecule has 0 aromatic heterocycles. The van der Waals surface area contributed by atoms with E-state index in [4.69, 9.17) is 5.73 Å². The van der Waals surface area contributed by atoms with Crippen LogP contribution in [0, 0.1) is 0 Å². The third kappa shape index (κ3) is 1.11. The first-order valence-corrected chi connectivity index (χ1v) is 4.53. The Balaban J connectivity index is 2.56. The molecule has 3 N–H and O–H groups in total. The van der Waals surface area contributed by atoms with Gasteiger partial charge in [-0.15, -0.1) is 0 Å². The molecule has 0 radical (unpaired) electrons. The summed E-state index contributed by atoms with van der Waals surface area (Å²) in [6.45, 7) is 2.03. The second kappa shape index (κ2) is 2.90. The normalized spacial score (nSPS) is 19.0. The summed E-state index contributed by atoms with van der Waals surface area (Å²) in [6.07, 6.45) is 0.200. The molecular weight excluding hydrogens is 178 g/mol. The van der Waals surface area contributed by atoms with Crippen LogP contribution < -0.4 is 16.0 Å². The number of fused-ring (bicyclic) bond motifs is 1. The second-order valence-corrected chi connectivity index (χ2v) is 3.50. The number of nitrogens with one attached hydrogen (secondary N) is 1. The lowest BCUT2D eigenvalue weighted by Gasteiger charge is -2.16. The maximum Gasteiger partial charge on any atom is 0.250 e. The first-order valence-electron chi connectivity index (χ1n) is 4.53. The van der Waals surface area contributed by atoms with Crippen molar-refractivity contribution in [3.05, 3.63) is 23.8 Å². The Morgan fingerprint density at radius 1 is 1.57 bits per heavy atom. The van der Waals surface area contributed by atoms with Gasteiger partial charge in [-0.3, -0.25) is 4.79 Å². The number of carbonyl (C=O) groups is 1. The molecule has 1 aromatic carbocycles. The van der Waals surface area contributed by atoms with E-state index < -0.39 is 5.91 Å². The van der Waals surface area contributed by atoms with Gasteiger partial charge in [0.05, 0.1) is 23.1 Å². The smallest absolute Gasteiger partial charge is 0.250 e. The highest BCUT2D eigenvalue weighted by atomic mass is 16.1. The quantitative estimate of drug-likeness (QED) is 0.696. The van der Waals surface area contributed by atoms with E-state index >= 15 is 0 Å². The lowest BCUT2D eigenvalue weighted by atomic mass is 10.1. The maximum atomic E-state index is 11.1. The average molecular weight is 191 g/mol. The number of anilines is 2. The van der Waals surface area contributed by atoms with Crippen LogP contribution in [0.5, 0.6) is 0 Å². The molecular formula is C10H13N3O. The summed E-state index contributed by atoms with van der Waals surface area (Å²) in [5.41, 5.74) is 7.70. The second-order valence-electron chi connectivity index (χ2n) is 3.50. The zero-order chi connectivity index (χ0) is 10.3. The van der Waals surface area contributed by atoms with E-state index in [0.29, 0.717) is 5.56 Å². The van der Waals surface area contributed by atoms with Gasteiger partial charge in [-0.1, -0.05) is 6.07 Å². The highest BCUT2D eigenvalue weighted by molar-refractivity contribution is 6.02. The van der Waals surface area contributed by atoms with E-state index in [1.165, 1.54) is 0 Å². The molecule has 1 aliphatic heterocycles. The van der Waals surface area contributed by atoms with Crippen molar-refractivity contribution in [2.75, 3.05) is 17.3 Å². The van der Waals surface area contributed by atoms with E-state index in [-0.39, 0.29) is 6.17 Å². The molecule has 4 nitrogen and oxygen atoms in total. The molecule has 1 atom stereocenters. The van der Waals surface area contributed by atoms with Gasteiger partial charge in [-0.05, 0) is 19.1 Å². The molecule has 0 saturated heterocycles. The van der Waals surface area contributed by atoms with Crippen LogP contribution in [-0.2, 0) is 0 Å². The summed E-state index contributed by atoms with van der Waals surface area (Å²) in [5, 5.41) is 3.22. The van der Waals surface area contributed by atoms with Gasteiger partial charge in [0, 0.05) is 7.05 Å². The fourth-order valence-corrected chi connectivity index (χ4v) is 1.71. The molecule has 0 spiro atoms. The van der Waals surface area contributed by atoms with Crippen molar-refractivity contribution < 1.29 is 4.79 Å². The van der Waals surface area contributed by atoms with Gasteiger partial charge in [0.1, 0.15) is 0 Å². The number of carbonyl (C=O) groups excluding carboxylic acids is 1. The van der Waals surface area contributed by atoms with Crippen molar-refractivity contribution in [1.82, 2.24) is 0 Å². The number of amides is 1. The van der Waals surface area contributed by atoms with E-state index in [1.807, 2.05) is 26.1 Å². The molecule has 4 heteroatoms. The molecule has 0 fully saturated rings. The zero-order valence-electron chi connectivity index (χ0n) is 8.24. The van der Waals surface area contributed by atoms with Crippen LogP contribution >= 0.6 is 0 Å². The number of para-hydroxylation sites is 1. The summed E-state index contributed by atoms with van der Waals surface area (Å²) in [6, 6.07) is 5.55. The van der Waals surface area contributed by atoms with Crippen molar-refractivity contribution in [1.29, 1.82) is 0 Å². The first kappa shape index (κ1) is 8.87. The van der Waals surface area contributed by atoms with Gasteiger partial charge in [0.25, 0.3) is 5.91 Å². The van der Waals surface area contributed by atoms with Crippen molar-refractivity contribution in [3.63, 3.8) is 0 Å². The number of benzene rings is 1. The zero-order valence-corrected chi connectivity index (χ0v) is 8.24. The average Bonchev–Trinajstić information content (AvgIpc) is 2.43. The minimum absolute atomic E-state index is 0.200. The van der Waals surface area contributed by atoms with E-state index in [9.17, 15) is 4.79 Å². The van der Waals surface area contributed by atoms with Gasteiger partial charge in [0.2, 0.25) is 0 Å². The number of nitrogens with zero attached hydrogens (tertiary/aromatic N) is 1. The van der Waals surface area contributed by atoms with Gasteiger partial charge < -0.3 is 16.0 Å².